The summed E-state index contributed by atoms with van der Waals surface area (Å²) in [6.07, 6.45) is -8.82. The van der Waals surface area contributed by atoms with Gasteiger partial charge < -0.3 is 28.8 Å². The first-order valence-electron chi connectivity index (χ1n) is 9.92. The van der Waals surface area contributed by atoms with E-state index in [1.165, 1.54) is 13.8 Å². The Kier molecular flexibility index (Phi) is 4.67. The first-order valence-corrected chi connectivity index (χ1v) is 9.92. The predicted molar refractivity (Wildman–Crippen MR) is 95.4 cm³/mol. The van der Waals surface area contributed by atoms with Gasteiger partial charge in [0.05, 0.1) is 17.8 Å². The molecule has 4 heterocycles. The molecule has 4 fully saturated rings. The zero-order chi connectivity index (χ0) is 23.2. The normalized spacial score (nSPS) is 43.9. The van der Waals surface area contributed by atoms with E-state index in [2.05, 4.69) is 11.3 Å². The molecule has 0 radical (unpaired) electrons. The Morgan fingerprint density at radius 3 is 2.52 bits per heavy atom. The number of aliphatic hydroxyl groups is 1. The molecule has 0 aromatic heterocycles. The van der Waals surface area contributed by atoms with Crippen molar-refractivity contribution in [2.75, 3.05) is 6.61 Å². The first kappa shape index (κ1) is 22.5. The van der Waals surface area contributed by atoms with Gasteiger partial charge in [-0.3, -0.25) is 4.79 Å². The number of hydrogen-bond acceptors (Lipinski definition) is 8. The summed E-state index contributed by atoms with van der Waals surface area (Å²) >= 11 is 0. The van der Waals surface area contributed by atoms with Crippen molar-refractivity contribution in [2.24, 2.45) is 5.41 Å². The summed E-state index contributed by atoms with van der Waals surface area (Å²) in [6.45, 7) is 9.04. The van der Waals surface area contributed by atoms with Gasteiger partial charge >= 0.3 is 18.1 Å². The number of rotatable bonds is 5. The van der Waals surface area contributed by atoms with Crippen LogP contribution in [0.3, 0.4) is 0 Å². The van der Waals surface area contributed by atoms with Crippen LogP contribution in [0.4, 0.5) is 13.2 Å². The van der Waals surface area contributed by atoms with E-state index in [0.717, 1.165) is 0 Å². The molecule has 31 heavy (non-hydrogen) atoms. The highest BCUT2D eigenvalue weighted by molar-refractivity contribution is 5.88. The molecule has 174 valence electrons. The maximum atomic E-state index is 13.2. The van der Waals surface area contributed by atoms with Crippen LogP contribution in [-0.4, -0.2) is 71.2 Å². The van der Waals surface area contributed by atoms with Gasteiger partial charge in [-0.05, 0) is 34.1 Å². The highest BCUT2D eigenvalue weighted by atomic mass is 19.4. The third-order valence-corrected chi connectivity index (χ3v) is 6.77. The Labute approximate surface area is 176 Å². The lowest BCUT2D eigenvalue weighted by molar-refractivity contribution is -0.349. The fourth-order valence-electron chi connectivity index (χ4n) is 5.32. The molecule has 4 saturated heterocycles. The number of fused-ring (bicyclic) bond motifs is 1. The molecule has 4 aliphatic heterocycles. The smallest absolute Gasteiger partial charge is 0.443 e. The van der Waals surface area contributed by atoms with Crippen LogP contribution in [0.5, 0.6) is 0 Å². The maximum absolute atomic E-state index is 13.2. The van der Waals surface area contributed by atoms with E-state index in [9.17, 15) is 27.9 Å². The summed E-state index contributed by atoms with van der Waals surface area (Å²) in [5, 5.41) is 9.88. The summed E-state index contributed by atoms with van der Waals surface area (Å²) < 4.78 is 67.1. The van der Waals surface area contributed by atoms with Crippen LogP contribution in [0, 0.1) is 5.41 Å². The van der Waals surface area contributed by atoms with Gasteiger partial charge in [0.25, 0.3) is 5.79 Å². The van der Waals surface area contributed by atoms with E-state index in [1.54, 1.807) is 13.8 Å². The Bertz CT molecular complexity index is 841. The minimum Gasteiger partial charge on any atom is -0.455 e. The zero-order valence-electron chi connectivity index (χ0n) is 17.6. The average Bonchev–Trinajstić information content (AvgIpc) is 3.29. The van der Waals surface area contributed by atoms with Crippen LogP contribution < -0.4 is 0 Å². The van der Waals surface area contributed by atoms with Crippen molar-refractivity contribution in [2.45, 2.75) is 88.1 Å². The zero-order valence-corrected chi connectivity index (χ0v) is 17.6. The van der Waals surface area contributed by atoms with Crippen LogP contribution in [0.1, 0.15) is 40.5 Å². The van der Waals surface area contributed by atoms with Crippen molar-refractivity contribution in [3.8, 4) is 0 Å². The number of halogens is 3. The molecule has 4 aliphatic rings. The van der Waals surface area contributed by atoms with Gasteiger partial charge in [0.15, 0.2) is 12.2 Å². The van der Waals surface area contributed by atoms with E-state index < -0.39 is 78.0 Å². The Balaban J connectivity index is 1.56. The highest BCUT2D eigenvalue weighted by Gasteiger charge is 2.78. The fourth-order valence-corrected chi connectivity index (χ4v) is 5.32. The minimum absolute atomic E-state index is 0.106. The van der Waals surface area contributed by atoms with E-state index in [4.69, 9.17) is 18.9 Å². The molecule has 0 saturated carbocycles. The number of alkyl halides is 3. The number of carbonyl (C=O) groups is 2. The summed E-state index contributed by atoms with van der Waals surface area (Å²) in [4.78, 5) is 24.9. The van der Waals surface area contributed by atoms with Gasteiger partial charge in [0.2, 0.25) is 0 Å². The molecule has 0 amide bonds. The molecule has 2 bridgehead atoms. The molecular formula is C20H25F3O8. The summed E-state index contributed by atoms with van der Waals surface area (Å²) in [7, 11) is 0. The van der Waals surface area contributed by atoms with E-state index in [0.29, 0.717) is 0 Å². The maximum Gasteiger partial charge on any atom is 0.443 e. The number of esters is 2. The molecule has 0 aliphatic carbocycles. The van der Waals surface area contributed by atoms with E-state index >= 15 is 0 Å². The van der Waals surface area contributed by atoms with Crippen molar-refractivity contribution in [3.63, 3.8) is 0 Å². The molecule has 8 nitrogen and oxygen atoms in total. The summed E-state index contributed by atoms with van der Waals surface area (Å²) in [5.41, 5.74) is -3.98. The molecule has 4 rings (SSSR count). The van der Waals surface area contributed by atoms with Crippen LogP contribution in [0.25, 0.3) is 0 Å². The van der Waals surface area contributed by atoms with Crippen molar-refractivity contribution in [1.29, 1.82) is 0 Å². The van der Waals surface area contributed by atoms with E-state index in [-0.39, 0.29) is 12.0 Å². The molecule has 1 N–H and O–H groups in total. The van der Waals surface area contributed by atoms with Gasteiger partial charge in [-0.25, -0.2) is 4.79 Å². The second kappa shape index (κ2) is 6.43. The lowest BCUT2D eigenvalue weighted by atomic mass is 9.64. The molecule has 0 aromatic rings. The van der Waals surface area contributed by atoms with Gasteiger partial charge in [0.1, 0.15) is 17.6 Å². The van der Waals surface area contributed by atoms with Crippen LogP contribution >= 0.6 is 0 Å². The molecule has 7 unspecified atom stereocenters. The quantitative estimate of drug-likeness (QED) is 0.500. The Morgan fingerprint density at radius 1 is 1.32 bits per heavy atom. The van der Waals surface area contributed by atoms with Gasteiger partial charge in [-0.1, -0.05) is 6.58 Å². The fraction of sp³-hybridized carbons (Fsp3) is 0.800. The third-order valence-electron chi connectivity index (χ3n) is 6.77. The van der Waals surface area contributed by atoms with Crippen LogP contribution in [-0.2, 0) is 33.3 Å². The molecule has 7 atom stereocenters. The number of hydrogen-bond donors (Lipinski definition) is 1. The van der Waals surface area contributed by atoms with Crippen LogP contribution in [0.2, 0.25) is 0 Å². The third kappa shape index (κ3) is 3.04. The predicted octanol–water partition coefficient (Wildman–Crippen LogP) is 1.78. The van der Waals surface area contributed by atoms with Crippen molar-refractivity contribution in [3.05, 3.63) is 12.2 Å². The monoisotopic (exact) mass is 450 g/mol. The van der Waals surface area contributed by atoms with Crippen molar-refractivity contribution < 1.29 is 51.6 Å². The van der Waals surface area contributed by atoms with Crippen molar-refractivity contribution in [1.82, 2.24) is 0 Å². The summed E-state index contributed by atoms with van der Waals surface area (Å²) in [6, 6.07) is 0. The minimum atomic E-state index is -5.00. The first-order chi connectivity index (χ1) is 14.1. The number of ether oxygens (including phenoxy) is 5. The van der Waals surface area contributed by atoms with Gasteiger partial charge in [-0.15, -0.1) is 0 Å². The lowest BCUT2D eigenvalue weighted by Crippen LogP contribution is -2.59. The highest BCUT2D eigenvalue weighted by Crippen LogP contribution is 2.62. The SMILES string of the molecule is C=C(C)C(=O)OC1C2CC3(C(C)(C)OC4(C)COC(O)(C(F)(F)F)C4)C(=O)OC1C3O2. The molecule has 0 aromatic carbocycles. The Morgan fingerprint density at radius 2 is 1.97 bits per heavy atom. The van der Waals surface area contributed by atoms with Crippen LogP contribution in [0.15, 0.2) is 12.2 Å². The topological polar surface area (TPSA) is 101 Å². The van der Waals surface area contributed by atoms with Gasteiger partial charge in [-0.2, -0.15) is 13.2 Å². The Hall–Kier alpha value is -1.69. The van der Waals surface area contributed by atoms with Gasteiger partial charge in [0, 0.05) is 12.0 Å². The lowest BCUT2D eigenvalue weighted by Gasteiger charge is -2.45. The molecule has 0 spiro atoms. The van der Waals surface area contributed by atoms with Crippen molar-refractivity contribution >= 4 is 11.9 Å². The standard InChI is InChI=1S/C20H25F3O8/c1-9(2)14(24)29-11-10-6-18(13(28-10)12(11)30-15(18)25)16(3,4)31-17(5)7-19(26,27-8-17)20(21,22)23/h10-13,26H,1,6-8H2,2-5H3. The summed E-state index contributed by atoms with van der Waals surface area (Å²) in [5.74, 6) is -4.59. The second-order valence-electron chi connectivity index (χ2n) is 9.60. The average molecular weight is 450 g/mol. The second-order valence-corrected chi connectivity index (χ2v) is 9.60. The van der Waals surface area contributed by atoms with E-state index in [1.807, 2.05) is 0 Å². The molecule has 11 heteroatoms. The number of carbonyl (C=O) groups excluding carboxylic acids is 2. The molecular weight excluding hydrogens is 425 g/mol. The largest absolute Gasteiger partial charge is 0.455 e.